The summed E-state index contributed by atoms with van der Waals surface area (Å²) in [4.78, 5) is 32.6. The van der Waals surface area contributed by atoms with Gasteiger partial charge in [0.05, 0.1) is 11.4 Å². The van der Waals surface area contributed by atoms with E-state index in [1.54, 1.807) is 23.6 Å². The Bertz CT molecular complexity index is 1200. The Morgan fingerprint density at radius 2 is 2.00 bits per heavy atom. The molecule has 1 atom stereocenters. The fourth-order valence-corrected chi connectivity index (χ4v) is 5.06. The average Bonchev–Trinajstić information content (AvgIpc) is 3.45. The van der Waals surface area contributed by atoms with Crippen LogP contribution in [0.25, 0.3) is 6.08 Å². The van der Waals surface area contributed by atoms with Gasteiger partial charge in [-0.3, -0.25) is 14.5 Å². The Kier molecular flexibility index (Phi) is 7.20. The van der Waals surface area contributed by atoms with Gasteiger partial charge in [-0.15, -0.1) is 11.3 Å². The third-order valence-corrected chi connectivity index (χ3v) is 6.79. The summed E-state index contributed by atoms with van der Waals surface area (Å²) in [6, 6.07) is 13.9. The molecule has 1 unspecified atom stereocenters. The van der Waals surface area contributed by atoms with E-state index < -0.39 is 5.82 Å². The molecule has 0 spiro atoms. The van der Waals surface area contributed by atoms with E-state index in [1.807, 2.05) is 29.2 Å². The molecule has 8 heteroatoms. The first-order valence-electron chi connectivity index (χ1n) is 10.7. The summed E-state index contributed by atoms with van der Waals surface area (Å²) in [5.74, 6) is -0.939. The number of carbonyl (C=O) groups is 2. The normalized spacial score (nSPS) is 15.8. The third kappa shape index (κ3) is 5.31. The molecular weight excluding hydrogens is 461 g/mol. The molecule has 1 fully saturated rings. The van der Waals surface area contributed by atoms with E-state index in [-0.39, 0.29) is 23.5 Å². The van der Waals surface area contributed by atoms with Gasteiger partial charge in [-0.2, -0.15) is 0 Å². The van der Waals surface area contributed by atoms with Gasteiger partial charge in [0.2, 0.25) is 11.8 Å². The molecule has 170 valence electrons. The molecular formula is C25H23ClFN3O2S. The van der Waals surface area contributed by atoms with Gasteiger partial charge in [-0.05, 0) is 49.1 Å². The van der Waals surface area contributed by atoms with Crippen LogP contribution in [-0.4, -0.2) is 34.3 Å². The van der Waals surface area contributed by atoms with Gasteiger partial charge in [-0.25, -0.2) is 9.37 Å². The van der Waals surface area contributed by atoms with Crippen molar-refractivity contribution >= 4 is 51.6 Å². The number of hydrogen-bond acceptors (Lipinski definition) is 4. The Morgan fingerprint density at radius 3 is 2.76 bits per heavy atom. The second-order valence-electron chi connectivity index (χ2n) is 7.82. The fraction of sp³-hybridized carbons (Fsp3) is 0.240. The number of anilines is 2. The Hall–Kier alpha value is -3.03. The molecule has 1 aliphatic heterocycles. The van der Waals surface area contributed by atoms with E-state index in [2.05, 4.69) is 4.98 Å². The number of carbonyl (C=O) groups excluding carboxylic acids is 2. The highest BCUT2D eigenvalue weighted by Crippen LogP contribution is 2.31. The second kappa shape index (κ2) is 10.3. The lowest BCUT2D eigenvalue weighted by molar-refractivity contribution is -0.126. The summed E-state index contributed by atoms with van der Waals surface area (Å²) in [5, 5.41) is 2.80. The molecule has 2 aromatic carbocycles. The van der Waals surface area contributed by atoms with Gasteiger partial charge >= 0.3 is 0 Å². The van der Waals surface area contributed by atoms with Crippen LogP contribution in [0.3, 0.4) is 0 Å². The highest BCUT2D eigenvalue weighted by molar-refractivity contribution is 7.14. The third-order valence-electron chi connectivity index (χ3n) is 5.58. The molecule has 1 saturated heterocycles. The molecule has 33 heavy (non-hydrogen) atoms. The number of benzene rings is 2. The van der Waals surface area contributed by atoms with Crippen LogP contribution in [0.15, 0.2) is 60.0 Å². The average molecular weight is 484 g/mol. The van der Waals surface area contributed by atoms with Crippen LogP contribution >= 0.6 is 22.9 Å². The smallest absolute Gasteiger partial charge is 0.246 e. The highest BCUT2D eigenvalue weighted by Gasteiger charge is 2.28. The van der Waals surface area contributed by atoms with Crippen molar-refractivity contribution in [1.29, 1.82) is 0 Å². The maximum atomic E-state index is 14.2. The van der Waals surface area contributed by atoms with E-state index >= 15 is 0 Å². The molecule has 5 nitrogen and oxygen atoms in total. The minimum Gasteiger partial charge on any atom is -0.336 e. The van der Waals surface area contributed by atoms with Gasteiger partial charge in [-0.1, -0.05) is 41.9 Å². The van der Waals surface area contributed by atoms with Crippen molar-refractivity contribution in [3.05, 3.63) is 82.1 Å². The van der Waals surface area contributed by atoms with Gasteiger partial charge in [0.25, 0.3) is 0 Å². The van der Waals surface area contributed by atoms with Crippen LogP contribution in [0.5, 0.6) is 0 Å². The number of nitrogens with zero attached hydrogens (tertiary/aromatic N) is 3. The van der Waals surface area contributed by atoms with Gasteiger partial charge in [0, 0.05) is 36.0 Å². The number of rotatable bonds is 6. The number of likely N-dealkylation sites (tertiary alicyclic amines) is 1. The maximum absolute atomic E-state index is 14.2. The minimum atomic E-state index is -0.506. The van der Waals surface area contributed by atoms with Crippen molar-refractivity contribution in [2.45, 2.75) is 32.2 Å². The zero-order valence-corrected chi connectivity index (χ0v) is 19.7. The van der Waals surface area contributed by atoms with Crippen LogP contribution < -0.4 is 4.90 Å². The Balaban J connectivity index is 1.47. The van der Waals surface area contributed by atoms with Crippen LogP contribution in [0.4, 0.5) is 15.2 Å². The van der Waals surface area contributed by atoms with Crippen molar-refractivity contribution < 1.29 is 14.0 Å². The fourth-order valence-electron chi connectivity index (χ4n) is 4.00. The molecule has 0 N–H and O–H groups in total. The molecule has 0 radical (unpaired) electrons. The molecule has 4 rings (SSSR count). The van der Waals surface area contributed by atoms with Crippen molar-refractivity contribution in [2.75, 3.05) is 11.4 Å². The topological polar surface area (TPSA) is 53.5 Å². The Morgan fingerprint density at radius 1 is 1.24 bits per heavy atom. The number of halogens is 2. The first-order valence-corrected chi connectivity index (χ1v) is 11.9. The zero-order valence-electron chi connectivity index (χ0n) is 18.1. The van der Waals surface area contributed by atoms with E-state index in [4.69, 9.17) is 11.6 Å². The summed E-state index contributed by atoms with van der Waals surface area (Å²) in [6.45, 7) is 2.06. The molecule has 2 heterocycles. The number of aromatic nitrogens is 1. The first-order chi connectivity index (χ1) is 15.9. The van der Waals surface area contributed by atoms with Gasteiger partial charge < -0.3 is 4.90 Å². The summed E-state index contributed by atoms with van der Waals surface area (Å²) in [5.41, 5.74) is 1.72. The largest absolute Gasteiger partial charge is 0.336 e. The molecule has 3 aromatic rings. The van der Waals surface area contributed by atoms with E-state index in [1.165, 1.54) is 41.4 Å². The quantitative estimate of drug-likeness (QED) is 0.412. The summed E-state index contributed by atoms with van der Waals surface area (Å²) in [6.07, 6.45) is 5.74. The molecule has 0 saturated carbocycles. The lowest BCUT2D eigenvalue weighted by atomic mass is 10.0. The number of amides is 2. The van der Waals surface area contributed by atoms with Crippen molar-refractivity contribution in [2.24, 2.45) is 0 Å². The molecule has 1 aromatic heterocycles. The predicted octanol–water partition coefficient (Wildman–Crippen LogP) is 5.87. The Labute approximate surface area is 201 Å². The number of para-hydroxylation sites is 1. The van der Waals surface area contributed by atoms with Crippen molar-refractivity contribution in [3.63, 3.8) is 0 Å². The molecule has 2 amide bonds. The first kappa shape index (κ1) is 23.1. The summed E-state index contributed by atoms with van der Waals surface area (Å²) >= 11 is 7.51. The van der Waals surface area contributed by atoms with Gasteiger partial charge in [0.15, 0.2) is 5.13 Å². The second-order valence-corrected chi connectivity index (χ2v) is 9.06. The predicted molar refractivity (Wildman–Crippen MR) is 130 cm³/mol. The van der Waals surface area contributed by atoms with E-state index in [0.717, 1.165) is 24.8 Å². The minimum absolute atomic E-state index is 0.0865. The molecule has 1 aliphatic rings. The number of hydrogen-bond donors (Lipinski definition) is 0. The lowest BCUT2D eigenvalue weighted by Gasteiger charge is -2.24. The molecule has 0 aliphatic carbocycles. The van der Waals surface area contributed by atoms with Crippen LogP contribution in [0.1, 0.15) is 31.0 Å². The lowest BCUT2D eigenvalue weighted by Crippen LogP contribution is -2.35. The van der Waals surface area contributed by atoms with Crippen LogP contribution in [0, 0.1) is 5.82 Å². The SMILES string of the molecule is CC(=O)N(c1nc(/C=C/C(=O)N2CCCC2Cc2ccccc2Cl)cs1)c1ccccc1F. The van der Waals surface area contributed by atoms with Crippen LogP contribution in [0.2, 0.25) is 5.02 Å². The summed E-state index contributed by atoms with van der Waals surface area (Å²) in [7, 11) is 0. The van der Waals surface area contributed by atoms with Crippen LogP contribution in [-0.2, 0) is 16.0 Å². The maximum Gasteiger partial charge on any atom is 0.246 e. The van der Waals surface area contributed by atoms with Crippen molar-refractivity contribution in [1.82, 2.24) is 9.88 Å². The summed E-state index contributed by atoms with van der Waals surface area (Å²) < 4.78 is 14.2. The zero-order chi connectivity index (χ0) is 23.4. The monoisotopic (exact) mass is 483 g/mol. The van der Waals surface area contributed by atoms with Gasteiger partial charge in [0.1, 0.15) is 5.82 Å². The standard InChI is InChI=1S/C25H23ClFN3O2S/c1-17(31)30(23-11-5-4-10-22(23)27)25-28-19(16-33-25)12-13-24(32)29-14-6-8-20(29)15-18-7-2-3-9-21(18)26/h2-5,7,9-13,16,20H,6,8,14-15H2,1H3/b13-12+. The number of thiazole rings is 1. The van der Waals surface area contributed by atoms with E-state index in [0.29, 0.717) is 22.4 Å². The highest BCUT2D eigenvalue weighted by atomic mass is 35.5. The molecule has 0 bridgehead atoms. The van der Waals surface area contributed by atoms with E-state index in [9.17, 15) is 14.0 Å². The van der Waals surface area contributed by atoms with Crippen molar-refractivity contribution in [3.8, 4) is 0 Å².